The molecule has 26 heavy (non-hydrogen) atoms. The van der Waals surface area contributed by atoms with Gasteiger partial charge in [0.05, 0.1) is 21.8 Å². The summed E-state index contributed by atoms with van der Waals surface area (Å²) in [7, 11) is -0.131. The van der Waals surface area contributed by atoms with Gasteiger partial charge in [0.25, 0.3) is 5.91 Å². The second-order valence-electron chi connectivity index (χ2n) is 5.87. The van der Waals surface area contributed by atoms with E-state index >= 15 is 0 Å². The van der Waals surface area contributed by atoms with Crippen molar-refractivity contribution in [1.82, 2.24) is 0 Å². The Kier molecular flexibility index (Phi) is 5.31. The molecule has 0 aromatic heterocycles. The minimum Gasteiger partial charge on any atom is -0.376 e. The van der Waals surface area contributed by atoms with E-state index < -0.39 is 27.5 Å². The van der Waals surface area contributed by atoms with Gasteiger partial charge in [-0.1, -0.05) is 0 Å². The van der Waals surface area contributed by atoms with Gasteiger partial charge in [-0.05, 0) is 42.5 Å². The lowest BCUT2D eigenvalue weighted by Crippen LogP contribution is -2.18. The molecule has 2 aromatic rings. The van der Waals surface area contributed by atoms with E-state index in [1.54, 1.807) is 19.0 Å². The standard InChI is InChI=1S/C17H17F3N2O3S/c1-22(2)15-9-6-12(17(18,19)20)10-14(15)21-16(23)11-4-7-13(8-5-11)26(3,24)25/h4-10H,1-3H3,(H,21,23). The van der Waals surface area contributed by atoms with Crippen molar-refractivity contribution in [3.8, 4) is 0 Å². The fraction of sp³-hybridized carbons (Fsp3) is 0.235. The lowest BCUT2D eigenvalue weighted by molar-refractivity contribution is -0.137. The van der Waals surface area contributed by atoms with E-state index in [4.69, 9.17) is 0 Å². The van der Waals surface area contributed by atoms with Crippen LogP contribution in [0.5, 0.6) is 0 Å². The number of carbonyl (C=O) groups is 1. The van der Waals surface area contributed by atoms with E-state index in [1.807, 2.05) is 0 Å². The molecule has 0 unspecified atom stereocenters. The van der Waals surface area contributed by atoms with Crippen molar-refractivity contribution >= 4 is 27.1 Å². The van der Waals surface area contributed by atoms with Crippen LogP contribution in [0.2, 0.25) is 0 Å². The molecule has 0 fully saturated rings. The molecule has 0 saturated heterocycles. The van der Waals surface area contributed by atoms with E-state index in [-0.39, 0.29) is 16.1 Å². The van der Waals surface area contributed by atoms with Gasteiger partial charge in [-0.3, -0.25) is 4.79 Å². The van der Waals surface area contributed by atoms with E-state index in [0.29, 0.717) is 5.69 Å². The maximum atomic E-state index is 12.9. The lowest BCUT2D eigenvalue weighted by atomic mass is 10.1. The summed E-state index contributed by atoms with van der Waals surface area (Å²) in [6, 6.07) is 8.20. The number of carbonyl (C=O) groups excluding carboxylic acids is 1. The van der Waals surface area contributed by atoms with E-state index in [2.05, 4.69) is 5.32 Å². The molecular formula is C17H17F3N2O3S. The number of anilines is 2. The first-order valence-corrected chi connectivity index (χ1v) is 9.29. The number of nitrogens with one attached hydrogen (secondary N) is 1. The maximum absolute atomic E-state index is 12.9. The van der Waals surface area contributed by atoms with E-state index in [1.165, 1.54) is 30.3 Å². The van der Waals surface area contributed by atoms with Crippen molar-refractivity contribution in [2.75, 3.05) is 30.6 Å². The van der Waals surface area contributed by atoms with Gasteiger partial charge in [0.2, 0.25) is 0 Å². The fourth-order valence-electron chi connectivity index (χ4n) is 2.25. The summed E-state index contributed by atoms with van der Waals surface area (Å²) >= 11 is 0. The molecule has 0 radical (unpaired) electrons. The second-order valence-corrected chi connectivity index (χ2v) is 7.89. The summed E-state index contributed by atoms with van der Waals surface area (Å²) in [5.41, 5.74) is -0.355. The maximum Gasteiger partial charge on any atom is 0.416 e. The van der Waals surface area contributed by atoms with Crippen LogP contribution in [0.25, 0.3) is 0 Å². The van der Waals surface area contributed by atoms with Crippen LogP contribution < -0.4 is 10.2 Å². The van der Waals surface area contributed by atoms with E-state index in [0.717, 1.165) is 18.4 Å². The SMILES string of the molecule is CN(C)c1ccc(C(F)(F)F)cc1NC(=O)c1ccc(S(C)(=O)=O)cc1. The topological polar surface area (TPSA) is 66.5 Å². The zero-order valence-electron chi connectivity index (χ0n) is 14.3. The van der Waals surface area contributed by atoms with Crippen molar-refractivity contribution < 1.29 is 26.4 Å². The molecule has 0 bridgehead atoms. The number of halogens is 3. The molecule has 0 aliphatic carbocycles. The Labute approximate surface area is 149 Å². The van der Waals surface area contributed by atoms with Crippen LogP contribution in [0.1, 0.15) is 15.9 Å². The Morgan fingerprint density at radius 1 is 1.04 bits per heavy atom. The predicted octanol–water partition coefficient (Wildman–Crippen LogP) is 3.43. The first-order chi connectivity index (χ1) is 11.9. The molecular weight excluding hydrogens is 369 g/mol. The van der Waals surface area contributed by atoms with Gasteiger partial charge in [-0.15, -0.1) is 0 Å². The predicted molar refractivity (Wildman–Crippen MR) is 93.3 cm³/mol. The zero-order valence-corrected chi connectivity index (χ0v) is 15.1. The number of benzene rings is 2. The van der Waals surface area contributed by atoms with Crippen molar-refractivity contribution in [2.45, 2.75) is 11.1 Å². The summed E-state index contributed by atoms with van der Waals surface area (Å²) < 4.78 is 61.7. The zero-order chi connectivity index (χ0) is 19.7. The molecule has 0 spiro atoms. The number of amides is 1. The number of rotatable bonds is 4. The van der Waals surface area contributed by atoms with Gasteiger partial charge in [0.15, 0.2) is 9.84 Å². The third-order valence-electron chi connectivity index (χ3n) is 3.60. The Morgan fingerprint density at radius 3 is 2.08 bits per heavy atom. The van der Waals surface area contributed by atoms with Gasteiger partial charge in [-0.2, -0.15) is 13.2 Å². The Bertz CT molecular complexity index is 921. The van der Waals surface area contributed by atoms with Crippen LogP contribution in [-0.2, 0) is 16.0 Å². The Balaban J connectivity index is 2.35. The van der Waals surface area contributed by atoms with Crippen LogP contribution in [0.4, 0.5) is 24.5 Å². The molecule has 140 valence electrons. The smallest absolute Gasteiger partial charge is 0.376 e. The molecule has 5 nitrogen and oxygen atoms in total. The molecule has 0 heterocycles. The molecule has 9 heteroatoms. The van der Waals surface area contributed by atoms with Crippen LogP contribution in [-0.4, -0.2) is 34.7 Å². The molecule has 2 aromatic carbocycles. The van der Waals surface area contributed by atoms with Crippen molar-refractivity contribution in [3.63, 3.8) is 0 Å². The first-order valence-electron chi connectivity index (χ1n) is 7.39. The summed E-state index contributed by atoms with van der Waals surface area (Å²) in [4.78, 5) is 14.0. The number of hydrogen-bond acceptors (Lipinski definition) is 4. The summed E-state index contributed by atoms with van der Waals surface area (Å²) in [5.74, 6) is -0.646. The minimum absolute atomic E-state index is 0.00187. The molecule has 0 saturated carbocycles. The number of nitrogens with zero attached hydrogens (tertiary/aromatic N) is 1. The summed E-state index contributed by atoms with van der Waals surface area (Å²) in [5, 5.41) is 2.45. The number of hydrogen-bond donors (Lipinski definition) is 1. The number of sulfone groups is 1. The van der Waals surface area contributed by atoms with Gasteiger partial charge < -0.3 is 10.2 Å². The lowest BCUT2D eigenvalue weighted by Gasteiger charge is -2.20. The molecule has 1 amide bonds. The molecule has 0 aliphatic heterocycles. The quantitative estimate of drug-likeness (QED) is 0.874. The first kappa shape index (κ1) is 19.8. The van der Waals surface area contributed by atoms with Gasteiger partial charge in [-0.25, -0.2) is 8.42 Å². The highest BCUT2D eigenvalue weighted by atomic mass is 32.2. The molecule has 2 rings (SSSR count). The minimum atomic E-state index is -4.54. The normalized spacial score (nSPS) is 11.9. The van der Waals surface area contributed by atoms with Crippen LogP contribution in [0, 0.1) is 0 Å². The van der Waals surface area contributed by atoms with Crippen molar-refractivity contribution in [2.24, 2.45) is 0 Å². The highest BCUT2D eigenvalue weighted by Gasteiger charge is 2.31. The van der Waals surface area contributed by atoms with Gasteiger partial charge in [0.1, 0.15) is 0 Å². The molecule has 0 aliphatic rings. The van der Waals surface area contributed by atoms with Gasteiger partial charge in [0, 0.05) is 25.9 Å². The third-order valence-corrected chi connectivity index (χ3v) is 4.73. The molecule has 1 N–H and O–H groups in total. The van der Waals surface area contributed by atoms with Crippen LogP contribution in [0.15, 0.2) is 47.4 Å². The fourth-order valence-corrected chi connectivity index (χ4v) is 2.88. The monoisotopic (exact) mass is 386 g/mol. The number of alkyl halides is 3. The third kappa shape index (κ3) is 4.54. The highest BCUT2D eigenvalue weighted by Crippen LogP contribution is 2.35. The Hall–Kier alpha value is -2.55. The van der Waals surface area contributed by atoms with E-state index in [9.17, 15) is 26.4 Å². The van der Waals surface area contributed by atoms with Crippen LogP contribution in [0.3, 0.4) is 0 Å². The summed E-state index contributed by atoms with van der Waals surface area (Å²) in [6.45, 7) is 0. The average molecular weight is 386 g/mol. The van der Waals surface area contributed by atoms with Crippen LogP contribution >= 0.6 is 0 Å². The summed E-state index contributed by atoms with van der Waals surface area (Å²) in [6.07, 6.45) is -3.50. The highest BCUT2D eigenvalue weighted by molar-refractivity contribution is 7.90. The second kappa shape index (κ2) is 6.99. The van der Waals surface area contributed by atoms with Crippen molar-refractivity contribution in [1.29, 1.82) is 0 Å². The molecule has 0 atom stereocenters. The van der Waals surface area contributed by atoms with Gasteiger partial charge >= 0.3 is 6.18 Å². The Morgan fingerprint density at radius 2 is 1.62 bits per heavy atom. The van der Waals surface area contributed by atoms with Crippen molar-refractivity contribution in [3.05, 3.63) is 53.6 Å². The largest absolute Gasteiger partial charge is 0.416 e. The average Bonchev–Trinajstić information content (AvgIpc) is 2.53.